The maximum Gasteiger partial charge on any atom is 0.199 e. The molecule has 1 aliphatic rings. The lowest BCUT2D eigenvalue weighted by Crippen LogP contribution is -2.17. The lowest BCUT2D eigenvalue weighted by atomic mass is 10.2. The molecule has 12 heteroatoms. The van der Waals surface area contributed by atoms with Gasteiger partial charge in [0, 0.05) is 25.5 Å². The molecular weight excluding hydrogens is 472 g/mol. The molecular formula is C22H26N8O2S2. The maximum atomic E-state index is 5.89. The summed E-state index contributed by atoms with van der Waals surface area (Å²) in [5, 5.41) is 21.6. The van der Waals surface area contributed by atoms with Gasteiger partial charge in [-0.25, -0.2) is 0 Å². The number of hydrogen-bond acceptors (Lipinski definition) is 8. The molecule has 1 atom stereocenters. The third-order valence-corrected chi connectivity index (χ3v) is 6.78. The molecule has 4 heterocycles. The molecule has 1 aromatic carbocycles. The fourth-order valence-corrected chi connectivity index (χ4v) is 5.08. The van der Waals surface area contributed by atoms with Gasteiger partial charge in [0.25, 0.3) is 0 Å². The number of aromatic nitrogens is 8. The molecule has 4 aromatic rings. The molecule has 1 aliphatic heterocycles. The van der Waals surface area contributed by atoms with Crippen LogP contribution in [0.25, 0.3) is 17.2 Å². The van der Waals surface area contributed by atoms with Crippen molar-refractivity contribution in [3.8, 4) is 23.0 Å². The van der Waals surface area contributed by atoms with Crippen LogP contribution in [0.15, 0.2) is 41.7 Å². The van der Waals surface area contributed by atoms with E-state index in [9.17, 15) is 0 Å². The van der Waals surface area contributed by atoms with Crippen LogP contribution in [0.2, 0.25) is 0 Å². The Hall–Kier alpha value is -2.96. The number of nitrogens with zero attached hydrogens (tertiary/aromatic N) is 7. The summed E-state index contributed by atoms with van der Waals surface area (Å²) in [6, 6.07) is 9.76. The van der Waals surface area contributed by atoms with Crippen molar-refractivity contribution in [2.75, 3.05) is 13.2 Å². The van der Waals surface area contributed by atoms with Gasteiger partial charge in [-0.05, 0) is 62.3 Å². The van der Waals surface area contributed by atoms with Crippen LogP contribution in [-0.2, 0) is 24.1 Å². The van der Waals surface area contributed by atoms with Gasteiger partial charge in [-0.3, -0.25) is 18.9 Å². The first-order valence-electron chi connectivity index (χ1n) is 11.2. The molecule has 3 aromatic heterocycles. The Kier molecular flexibility index (Phi) is 6.79. The molecule has 0 amide bonds. The SMILES string of the molecule is CCOc1ccc(-n2c(CSc3nnc(-c4ccn(C)n4)n3CC3CCCO3)n[nH]c2=S)cc1. The number of ether oxygens (including phenoxy) is 2. The zero-order valence-corrected chi connectivity index (χ0v) is 20.7. The van der Waals surface area contributed by atoms with E-state index in [0.717, 1.165) is 53.4 Å². The minimum Gasteiger partial charge on any atom is -0.494 e. The van der Waals surface area contributed by atoms with Crippen LogP contribution in [0, 0.1) is 4.77 Å². The fraction of sp³-hybridized carbons (Fsp3) is 0.409. The van der Waals surface area contributed by atoms with E-state index >= 15 is 0 Å². The van der Waals surface area contributed by atoms with Gasteiger partial charge in [-0.2, -0.15) is 10.2 Å². The monoisotopic (exact) mass is 498 g/mol. The Bertz CT molecular complexity index is 1300. The Morgan fingerprint density at radius 3 is 2.79 bits per heavy atom. The van der Waals surface area contributed by atoms with Crippen LogP contribution in [0.3, 0.4) is 0 Å². The second-order valence-electron chi connectivity index (χ2n) is 7.92. The van der Waals surface area contributed by atoms with E-state index in [0.29, 0.717) is 23.7 Å². The van der Waals surface area contributed by atoms with E-state index in [1.54, 1.807) is 16.4 Å². The molecule has 34 heavy (non-hydrogen) atoms. The number of aromatic amines is 1. The Morgan fingerprint density at radius 2 is 2.09 bits per heavy atom. The Balaban J connectivity index is 1.40. The lowest BCUT2D eigenvalue weighted by Gasteiger charge is -2.14. The zero-order chi connectivity index (χ0) is 23.5. The highest BCUT2D eigenvalue weighted by atomic mass is 32.2. The summed E-state index contributed by atoms with van der Waals surface area (Å²) < 4.78 is 17.8. The minimum absolute atomic E-state index is 0.149. The summed E-state index contributed by atoms with van der Waals surface area (Å²) in [5.41, 5.74) is 1.71. The number of rotatable bonds is 9. The van der Waals surface area contributed by atoms with Crippen LogP contribution in [0.1, 0.15) is 25.6 Å². The van der Waals surface area contributed by atoms with Gasteiger partial charge in [0.15, 0.2) is 15.8 Å². The third-order valence-electron chi connectivity index (χ3n) is 5.55. The minimum atomic E-state index is 0.149. The predicted molar refractivity (Wildman–Crippen MR) is 131 cm³/mol. The number of hydrogen-bond donors (Lipinski definition) is 1. The molecule has 1 fully saturated rings. The van der Waals surface area contributed by atoms with Crippen molar-refractivity contribution in [2.24, 2.45) is 7.05 Å². The number of thioether (sulfide) groups is 1. The van der Waals surface area contributed by atoms with E-state index in [4.69, 9.17) is 21.7 Å². The standard InChI is InChI=1S/C22H26N8O2S2/c1-3-31-16-8-6-15(7-9-16)30-19(23-25-21(30)33)14-34-22-26-24-20(18-10-11-28(2)27-18)29(22)13-17-5-4-12-32-17/h6-11,17H,3-5,12-14H2,1-2H3,(H,25,33). The summed E-state index contributed by atoms with van der Waals surface area (Å²) in [6.07, 6.45) is 4.16. The van der Waals surface area contributed by atoms with Crippen LogP contribution in [-0.4, -0.2) is 58.6 Å². The van der Waals surface area contributed by atoms with Gasteiger partial charge in [0.1, 0.15) is 17.3 Å². The van der Waals surface area contributed by atoms with Crippen molar-refractivity contribution in [3.05, 3.63) is 47.1 Å². The smallest absolute Gasteiger partial charge is 0.199 e. The summed E-state index contributed by atoms with van der Waals surface area (Å²) >= 11 is 7.07. The van der Waals surface area contributed by atoms with Crippen molar-refractivity contribution in [3.63, 3.8) is 0 Å². The van der Waals surface area contributed by atoms with Crippen molar-refractivity contribution in [2.45, 2.75) is 43.3 Å². The quantitative estimate of drug-likeness (QED) is 0.275. The van der Waals surface area contributed by atoms with E-state index < -0.39 is 0 Å². The average Bonchev–Trinajstić information content (AvgIpc) is 3.63. The Morgan fingerprint density at radius 1 is 1.24 bits per heavy atom. The van der Waals surface area contributed by atoms with Crippen LogP contribution in [0.5, 0.6) is 5.75 Å². The second-order valence-corrected chi connectivity index (χ2v) is 9.25. The third kappa shape index (κ3) is 4.79. The summed E-state index contributed by atoms with van der Waals surface area (Å²) in [5.74, 6) is 2.92. The van der Waals surface area contributed by atoms with Crippen LogP contribution < -0.4 is 4.74 Å². The maximum absolute atomic E-state index is 5.89. The topological polar surface area (TPSA) is 101 Å². The van der Waals surface area contributed by atoms with Gasteiger partial charge in [-0.1, -0.05) is 11.8 Å². The normalized spacial score (nSPS) is 15.8. The van der Waals surface area contributed by atoms with E-state index in [1.807, 2.05) is 55.1 Å². The molecule has 0 aliphatic carbocycles. The Labute approximate surface area is 206 Å². The summed E-state index contributed by atoms with van der Waals surface area (Å²) in [7, 11) is 1.89. The van der Waals surface area contributed by atoms with E-state index in [2.05, 4.69) is 30.1 Å². The van der Waals surface area contributed by atoms with E-state index in [1.165, 1.54) is 0 Å². The second kappa shape index (κ2) is 10.1. The number of H-pyrrole nitrogens is 1. The van der Waals surface area contributed by atoms with Gasteiger partial charge in [-0.15, -0.1) is 10.2 Å². The average molecular weight is 499 g/mol. The van der Waals surface area contributed by atoms with Crippen LogP contribution >= 0.6 is 24.0 Å². The van der Waals surface area contributed by atoms with Crippen LogP contribution in [0.4, 0.5) is 0 Å². The molecule has 10 nitrogen and oxygen atoms in total. The first kappa shape index (κ1) is 22.8. The first-order valence-corrected chi connectivity index (χ1v) is 12.6. The molecule has 0 bridgehead atoms. The summed E-state index contributed by atoms with van der Waals surface area (Å²) in [6.45, 7) is 4.07. The van der Waals surface area contributed by atoms with E-state index in [-0.39, 0.29) is 6.10 Å². The molecule has 1 unspecified atom stereocenters. The molecule has 178 valence electrons. The summed E-state index contributed by atoms with van der Waals surface area (Å²) in [4.78, 5) is 0. The van der Waals surface area contributed by atoms with Crippen molar-refractivity contribution >= 4 is 24.0 Å². The lowest BCUT2D eigenvalue weighted by molar-refractivity contribution is 0.0953. The number of aryl methyl sites for hydroxylation is 1. The zero-order valence-electron chi connectivity index (χ0n) is 19.0. The van der Waals surface area contributed by atoms with Gasteiger partial charge < -0.3 is 9.47 Å². The van der Waals surface area contributed by atoms with Crippen molar-refractivity contribution in [1.29, 1.82) is 0 Å². The number of nitrogens with one attached hydrogen (secondary N) is 1. The highest BCUT2D eigenvalue weighted by Gasteiger charge is 2.23. The van der Waals surface area contributed by atoms with Crippen molar-refractivity contribution in [1.82, 2.24) is 39.3 Å². The predicted octanol–water partition coefficient (Wildman–Crippen LogP) is 3.79. The molecule has 1 N–H and O–H groups in total. The fourth-order valence-electron chi connectivity index (χ4n) is 3.96. The molecule has 5 rings (SSSR count). The van der Waals surface area contributed by atoms with Gasteiger partial charge >= 0.3 is 0 Å². The molecule has 0 spiro atoms. The highest BCUT2D eigenvalue weighted by molar-refractivity contribution is 7.98. The highest BCUT2D eigenvalue weighted by Crippen LogP contribution is 2.28. The first-order chi connectivity index (χ1) is 16.6. The van der Waals surface area contributed by atoms with Gasteiger partial charge in [0.05, 0.1) is 25.0 Å². The number of benzene rings is 1. The largest absolute Gasteiger partial charge is 0.494 e. The van der Waals surface area contributed by atoms with Gasteiger partial charge in [0.2, 0.25) is 0 Å². The molecule has 0 radical (unpaired) electrons. The van der Waals surface area contributed by atoms with Crippen molar-refractivity contribution < 1.29 is 9.47 Å². The molecule has 0 saturated carbocycles. The molecule has 1 saturated heterocycles.